The number of amides is 1. The zero-order valence-corrected chi connectivity index (χ0v) is 11.7. The Balaban J connectivity index is 1.62. The number of carbonyl (C=O) groups excluding carboxylic acids is 1. The minimum Gasteiger partial charge on any atom is -0.386 e. The highest BCUT2D eigenvalue weighted by atomic mass is 32.1. The van der Waals surface area contributed by atoms with Gasteiger partial charge < -0.3 is 15.2 Å². The second-order valence-electron chi connectivity index (χ2n) is 5.49. The normalized spacial score (nSPS) is 30.1. The van der Waals surface area contributed by atoms with Crippen LogP contribution in [0.25, 0.3) is 0 Å². The number of hydrogen-bond donors (Lipinski definition) is 2. The summed E-state index contributed by atoms with van der Waals surface area (Å²) in [6, 6.07) is 2.07. The Kier molecular flexibility index (Phi) is 3.60. The molecule has 2 N–H and O–H groups in total. The minimum absolute atomic E-state index is 0.0408. The van der Waals surface area contributed by atoms with Crippen LogP contribution in [0.1, 0.15) is 35.6 Å². The summed E-state index contributed by atoms with van der Waals surface area (Å²) in [7, 11) is 0. The van der Waals surface area contributed by atoms with Crippen LogP contribution in [0.2, 0.25) is 0 Å². The van der Waals surface area contributed by atoms with Crippen LogP contribution in [0.4, 0.5) is 0 Å². The first-order chi connectivity index (χ1) is 9.18. The van der Waals surface area contributed by atoms with Crippen molar-refractivity contribution >= 4 is 17.2 Å². The van der Waals surface area contributed by atoms with Crippen molar-refractivity contribution in [3.63, 3.8) is 0 Å². The van der Waals surface area contributed by atoms with Gasteiger partial charge in [-0.25, -0.2) is 0 Å². The number of ether oxygens (including phenoxy) is 1. The average Bonchev–Trinajstić information content (AvgIpc) is 3.04. The van der Waals surface area contributed by atoms with Crippen molar-refractivity contribution in [2.45, 2.75) is 37.2 Å². The van der Waals surface area contributed by atoms with Gasteiger partial charge in [-0.15, -0.1) is 11.3 Å². The maximum absolute atomic E-state index is 12.3. The van der Waals surface area contributed by atoms with Gasteiger partial charge in [-0.1, -0.05) is 0 Å². The van der Waals surface area contributed by atoms with E-state index in [1.54, 1.807) is 11.3 Å². The number of rotatable bonds is 3. The lowest BCUT2D eigenvalue weighted by atomic mass is 9.87. The van der Waals surface area contributed by atoms with E-state index < -0.39 is 5.60 Å². The van der Waals surface area contributed by atoms with Gasteiger partial charge in [-0.3, -0.25) is 4.79 Å². The molecule has 0 spiro atoms. The summed E-state index contributed by atoms with van der Waals surface area (Å²) in [6.07, 6.45) is 3.67. The largest absolute Gasteiger partial charge is 0.386 e. The molecule has 2 aliphatic rings. The van der Waals surface area contributed by atoms with Gasteiger partial charge >= 0.3 is 0 Å². The summed E-state index contributed by atoms with van der Waals surface area (Å²) < 4.78 is 5.18. The van der Waals surface area contributed by atoms with Gasteiger partial charge in [0.2, 0.25) is 5.91 Å². The second kappa shape index (κ2) is 5.23. The van der Waals surface area contributed by atoms with Crippen molar-refractivity contribution in [3.05, 3.63) is 21.9 Å². The van der Waals surface area contributed by atoms with Gasteiger partial charge in [-0.05, 0) is 36.3 Å². The molecule has 0 bridgehead atoms. The number of carbonyl (C=O) groups is 1. The van der Waals surface area contributed by atoms with E-state index in [4.69, 9.17) is 4.74 Å². The highest BCUT2D eigenvalue weighted by Gasteiger charge is 2.34. The first-order valence-corrected chi connectivity index (χ1v) is 7.70. The van der Waals surface area contributed by atoms with Gasteiger partial charge in [0.15, 0.2) is 0 Å². The minimum atomic E-state index is -0.873. The fourth-order valence-corrected chi connectivity index (χ4v) is 3.86. The van der Waals surface area contributed by atoms with E-state index in [9.17, 15) is 9.90 Å². The van der Waals surface area contributed by atoms with Crippen LogP contribution < -0.4 is 5.32 Å². The van der Waals surface area contributed by atoms with Crippen LogP contribution in [0, 0.1) is 0 Å². The Morgan fingerprint density at radius 1 is 1.63 bits per heavy atom. The molecule has 1 saturated heterocycles. The van der Waals surface area contributed by atoms with Crippen molar-refractivity contribution in [2.24, 2.45) is 0 Å². The molecule has 0 aromatic carbocycles. The van der Waals surface area contributed by atoms with E-state index in [1.165, 1.54) is 10.4 Å². The molecule has 0 saturated carbocycles. The van der Waals surface area contributed by atoms with E-state index in [-0.39, 0.29) is 11.8 Å². The fourth-order valence-electron chi connectivity index (χ4n) is 2.87. The zero-order valence-electron chi connectivity index (χ0n) is 10.9. The van der Waals surface area contributed by atoms with Gasteiger partial charge in [-0.2, -0.15) is 0 Å². The van der Waals surface area contributed by atoms with E-state index in [2.05, 4.69) is 16.8 Å². The van der Waals surface area contributed by atoms with Crippen molar-refractivity contribution in [1.82, 2.24) is 5.32 Å². The molecule has 5 heteroatoms. The molecule has 19 heavy (non-hydrogen) atoms. The standard InChI is InChI=1S/C14H19NO3S/c16-13(15-8-14(17)5-6-18-9-14)11-2-1-3-12-10(11)4-7-19-12/h4,7,11,17H,1-3,5-6,8-9H2,(H,15,16). The summed E-state index contributed by atoms with van der Waals surface area (Å²) in [4.78, 5) is 13.6. The topological polar surface area (TPSA) is 58.6 Å². The third kappa shape index (κ3) is 2.68. The highest BCUT2D eigenvalue weighted by molar-refractivity contribution is 7.10. The summed E-state index contributed by atoms with van der Waals surface area (Å²) >= 11 is 1.74. The molecule has 4 nitrogen and oxygen atoms in total. The van der Waals surface area contributed by atoms with Crippen LogP contribution in [-0.4, -0.2) is 36.4 Å². The Morgan fingerprint density at radius 2 is 2.53 bits per heavy atom. The molecule has 1 aliphatic heterocycles. The maximum atomic E-state index is 12.3. The quantitative estimate of drug-likeness (QED) is 0.881. The Hall–Kier alpha value is -0.910. The summed E-state index contributed by atoms with van der Waals surface area (Å²) in [5.41, 5.74) is 0.311. The van der Waals surface area contributed by atoms with Crippen LogP contribution in [0.5, 0.6) is 0 Å². The van der Waals surface area contributed by atoms with Crippen LogP contribution >= 0.6 is 11.3 Å². The van der Waals surface area contributed by atoms with Gasteiger partial charge in [0.25, 0.3) is 0 Å². The van der Waals surface area contributed by atoms with E-state index in [0.717, 1.165) is 19.3 Å². The predicted octanol–water partition coefficient (Wildman–Crippen LogP) is 1.44. The van der Waals surface area contributed by atoms with E-state index in [0.29, 0.717) is 26.2 Å². The number of fused-ring (bicyclic) bond motifs is 1. The number of nitrogens with one attached hydrogen (secondary N) is 1. The van der Waals surface area contributed by atoms with Crippen LogP contribution in [-0.2, 0) is 16.0 Å². The molecule has 0 radical (unpaired) electrons. The van der Waals surface area contributed by atoms with E-state index >= 15 is 0 Å². The third-order valence-electron chi connectivity index (χ3n) is 4.04. The van der Waals surface area contributed by atoms with Crippen molar-refractivity contribution in [2.75, 3.05) is 19.8 Å². The van der Waals surface area contributed by atoms with Crippen LogP contribution in [0.3, 0.4) is 0 Å². The molecular weight excluding hydrogens is 262 g/mol. The molecular formula is C14H19NO3S. The first-order valence-electron chi connectivity index (χ1n) is 6.82. The second-order valence-corrected chi connectivity index (χ2v) is 6.49. The van der Waals surface area contributed by atoms with Gasteiger partial charge in [0.1, 0.15) is 5.60 Å². The summed E-state index contributed by atoms with van der Waals surface area (Å²) in [5.74, 6) is 0.000552. The molecule has 1 fully saturated rings. The SMILES string of the molecule is O=C(NCC1(O)CCOC1)C1CCCc2sccc21. The third-order valence-corrected chi connectivity index (χ3v) is 5.04. The van der Waals surface area contributed by atoms with Gasteiger partial charge in [0.05, 0.1) is 12.5 Å². The summed E-state index contributed by atoms with van der Waals surface area (Å²) in [6.45, 7) is 1.19. The number of thiophene rings is 1. The molecule has 2 unspecified atom stereocenters. The van der Waals surface area contributed by atoms with Crippen molar-refractivity contribution < 1.29 is 14.6 Å². The molecule has 1 aromatic rings. The molecule has 104 valence electrons. The van der Waals surface area contributed by atoms with Crippen LogP contribution in [0.15, 0.2) is 11.4 Å². The first kappa shape index (κ1) is 13.1. The van der Waals surface area contributed by atoms with Crippen molar-refractivity contribution in [3.8, 4) is 0 Å². The Labute approximate surface area is 116 Å². The highest BCUT2D eigenvalue weighted by Crippen LogP contribution is 2.35. The zero-order chi connectivity index (χ0) is 13.3. The number of aryl methyl sites for hydroxylation is 1. The predicted molar refractivity (Wildman–Crippen MR) is 73.4 cm³/mol. The molecule has 2 atom stereocenters. The Bertz CT molecular complexity index is 465. The lowest BCUT2D eigenvalue weighted by molar-refractivity contribution is -0.124. The smallest absolute Gasteiger partial charge is 0.227 e. The average molecular weight is 281 g/mol. The van der Waals surface area contributed by atoms with Gasteiger partial charge in [0, 0.05) is 24.4 Å². The molecule has 1 aliphatic carbocycles. The lowest BCUT2D eigenvalue weighted by Crippen LogP contribution is -2.45. The van der Waals surface area contributed by atoms with E-state index in [1.807, 2.05) is 0 Å². The molecule has 1 aromatic heterocycles. The lowest BCUT2D eigenvalue weighted by Gasteiger charge is -2.25. The monoisotopic (exact) mass is 281 g/mol. The molecule has 2 heterocycles. The number of aliphatic hydroxyl groups is 1. The number of hydrogen-bond acceptors (Lipinski definition) is 4. The molecule has 3 rings (SSSR count). The summed E-state index contributed by atoms with van der Waals surface area (Å²) in [5, 5.41) is 15.1. The Morgan fingerprint density at radius 3 is 3.32 bits per heavy atom. The molecule has 1 amide bonds. The fraction of sp³-hybridized carbons (Fsp3) is 0.643. The van der Waals surface area contributed by atoms with Crippen molar-refractivity contribution in [1.29, 1.82) is 0 Å². The maximum Gasteiger partial charge on any atom is 0.227 e.